The van der Waals surface area contributed by atoms with Crippen LogP contribution >= 0.6 is 0 Å². The third-order valence-electron chi connectivity index (χ3n) is 3.55. The Morgan fingerprint density at radius 2 is 1.78 bits per heavy atom. The number of carbonyl (C=O) groups is 2. The molecule has 0 atom stereocenters. The summed E-state index contributed by atoms with van der Waals surface area (Å²) in [5.74, 6) is -0.420. The fourth-order valence-corrected chi connectivity index (χ4v) is 2.15. The van der Waals surface area contributed by atoms with Crippen molar-refractivity contribution in [3.05, 3.63) is 65.2 Å². The zero-order valence-electron chi connectivity index (χ0n) is 13.2. The predicted octanol–water partition coefficient (Wildman–Crippen LogP) is 2.31. The first-order valence-electron chi connectivity index (χ1n) is 7.36. The highest BCUT2D eigenvalue weighted by Gasteiger charge is 2.14. The van der Waals surface area contributed by atoms with Gasteiger partial charge in [-0.05, 0) is 36.8 Å². The minimum atomic E-state index is -0.220. The third-order valence-corrected chi connectivity index (χ3v) is 3.55. The molecule has 0 aliphatic rings. The normalized spacial score (nSPS) is 10.2. The summed E-state index contributed by atoms with van der Waals surface area (Å²) in [7, 11) is 1.63. The molecule has 2 amide bonds. The number of nitrogens with one attached hydrogen (secondary N) is 1. The Morgan fingerprint density at radius 1 is 1.09 bits per heavy atom. The van der Waals surface area contributed by atoms with Gasteiger partial charge in [0.2, 0.25) is 0 Å². The van der Waals surface area contributed by atoms with E-state index < -0.39 is 0 Å². The van der Waals surface area contributed by atoms with E-state index in [1.54, 1.807) is 49.5 Å². The Labute approximate surface area is 135 Å². The molecule has 0 fully saturated rings. The number of aliphatic hydroxyl groups is 1. The Morgan fingerprint density at radius 3 is 2.43 bits per heavy atom. The van der Waals surface area contributed by atoms with Gasteiger partial charge in [-0.1, -0.05) is 24.3 Å². The van der Waals surface area contributed by atoms with Crippen molar-refractivity contribution < 1.29 is 14.7 Å². The standard InChI is InChI=1S/C18H20N2O3/c1-13-8-9-15(18(23)20(2)10-11-21)12-16(13)19-17(22)14-6-4-3-5-7-14/h3-9,12,21H,10-11H2,1-2H3,(H,19,22). The van der Waals surface area contributed by atoms with E-state index >= 15 is 0 Å². The van der Waals surface area contributed by atoms with Gasteiger partial charge in [0.15, 0.2) is 0 Å². The lowest BCUT2D eigenvalue weighted by Gasteiger charge is -2.17. The summed E-state index contributed by atoms with van der Waals surface area (Å²) in [5, 5.41) is 11.8. The minimum absolute atomic E-state index is 0.0916. The van der Waals surface area contributed by atoms with Gasteiger partial charge >= 0.3 is 0 Å². The van der Waals surface area contributed by atoms with Crippen molar-refractivity contribution >= 4 is 17.5 Å². The van der Waals surface area contributed by atoms with E-state index in [-0.39, 0.29) is 25.0 Å². The monoisotopic (exact) mass is 312 g/mol. The molecule has 0 saturated heterocycles. The molecule has 2 aromatic carbocycles. The number of aryl methyl sites for hydroxylation is 1. The molecule has 5 heteroatoms. The molecule has 0 heterocycles. The second-order valence-electron chi connectivity index (χ2n) is 5.30. The lowest BCUT2D eigenvalue weighted by Crippen LogP contribution is -2.29. The third kappa shape index (κ3) is 4.17. The van der Waals surface area contributed by atoms with Crippen molar-refractivity contribution in [1.29, 1.82) is 0 Å². The number of benzene rings is 2. The molecule has 0 aliphatic heterocycles. The number of anilines is 1. The van der Waals surface area contributed by atoms with Crippen molar-refractivity contribution in [3.63, 3.8) is 0 Å². The van der Waals surface area contributed by atoms with E-state index in [0.29, 0.717) is 16.8 Å². The van der Waals surface area contributed by atoms with Crippen LogP contribution in [0.3, 0.4) is 0 Å². The maximum atomic E-state index is 12.3. The van der Waals surface area contributed by atoms with Crippen molar-refractivity contribution in [2.24, 2.45) is 0 Å². The van der Waals surface area contributed by atoms with Crippen LogP contribution in [0.1, 0.15) is 26.3 Å². The summed E-state index contributed by atoms with van der Waals surface area (Å²) in [6.07, 6.45) is 0. The number of hydrogen-bond acceptors (Lipinski definition) is 3. The van der Waals surface area contributed by atoms with Gasteiger partial charge in [-0.3, -0.25) is 9.59 Å². The van der Waals surface area contributed by atoms with Gasteiger partial charge in [0, 0.05) is 30.4 Å². The summed E-state index contributed by atoms with van der Waals surface area (Å²) >= 11 is 0. The second-order valence-corrected chi connectivity index (χ2v) is 5.30. The van der Waals surface area contributed by atoms with Crippen LogP contribution in [0.4, 0.5) is 5.69 Å². The van der Waals surface area contributed by atoms with Crippen LogP contribution in [-0.2, 0) is 0 Å². The molecule has 2 aromatic rings. The molecule has 0 aromatic heterocycles. The lowest BCUT2D eigenvalue weighted by atomic mass is 10.1. The van der Waals surface area contributed by atoms with Crippen molar-refractivity contribution in [2.75, 3.05) is 25.5 Å². The van der Waals surface area contributed by atoms with E-state index in [1.807, 2.05) is 13.0 Å². The van der Waals surface area contributed by atoms with E-state index in [0.717, 1.165) is 5.56 Å². The topological polar surface area (TPSA) is 69.6 Å². The van der Waals surface area contributed by atoms with Crippen LogP contribution in [0.2, 0.25) is 0 Å². The Bertz CT molecular complexity index is 699. The molecular weight excluding hydrogens is 292 g/mol. The fraction of sp³-hybridized carbons (Fsp3) is 0.222. The van der Waals surface area contributed by atoms with E-state index in [1.165, 1.54) is 4.90 Å². The van der Waals surface area contributed by atoms with Crippen molar-refractivity contribution in [2.45, 2.75) is 6.92 Å². The molecule has 23 heavy (non-hydrogen) atoms. The van der Waals surface area contributed by atoms with Gasteiger partial charge in [-0.25, -0.2) is 0 Å². The van der Waals surface area contributed by atoms with Crippen LogP contribution in [-0.4, -0.2) is 42.0 Å². The smallest absolute Gasteiger partial charge is 0.255 e. The zero-order chi connectivity index (χ0) is 16.8. The van der Waals surface area contributed by atoms with Crippen LogP contribution in [0.25, 0.3) is 0 Å². The average molecular weight is 312 g/mol. The van der Waals surface area contributed by atoms with Gasteiger partial charge < -0.3 is 15.3 Å². The van der Waals surface area contributed by atoms with Crippen LogP contribution in [0.15, 0.2) is 48.5 Å². The molecule has 0 spiro atoms. The molecule has 2 N–H and O–H groups in total. The van der Waals surface area contributed by atoms with Gasteiger partial charge in [0.05, 0.1) is 6.61 Å². The molecule has 0 saturated carbocycles. The van der Waals surface area contributed by atoms with Gasteiger partial charge in [0.25, 0.3) is 11.8 Å². The SMILES string of the molecule is Cc1ccc(C(=O)N(C)CCO)cc1NC(=O)c1ccccc1. The largest absolute Gasteiger partial charge is 0.395 e. The summed E-state index contributed by atoms with van der Waals surface area (Å²) < 4.78 is 0. The van der Waals surface area contributed by atoms with Crippen LogP contribution in [0.5, 0.6) is 0 Å². The van der Waals surface area contributed by atoms with E-state index in [9.17, 15) is 9.59 Å². The number of aliphatic hydroxyl groups excluding tert-OH is 1. The highest BCUT2D eigenvalue weighted by atomic mass is 16.3. The second kappa shape index (κ2) is 7.56. The maximum absolute atomic E-state index is 12.3. The highest BCUT2D eigenvalue weighted by molar-refractivity contribution is 6.05. The van der Waals surface area contributed by atoms with E-state index in [4.69, 9.17) is 5.11 Å². The first-order valence-corrected chi connectivity index (χ1v) is 7.36. The van der Waals surface area contributed by atoms with Crippen molar-refractivity contribution in [3.8, 4) is 0 Å². The highest BCUT2D eigenvalue weighted by Crippen LogP contribution is 2.19. The first kappa shape index (κ1) is 16.7. The quantitative estimate of drug-likeness (QED) is 0.890. The number of amides is 2. The summed E-state index contributed by atoms with van der Waals surface area (Å²) in [6, 6.07) is 14.1. The number of hydrogen-bond donors (Lipinski definition) is 2. The molecule has 2 rings (SSSR count). The minimum Gasteiger partial charge on any atom is -0.395 e. The molecule has 0 bridgehead atoms. The molecular formula is C18H20N2O3. The number of rotatable bonds is 5. The van der Waals surface area contributed by atoms with E-state index in [2.05, 4.69) is 5.32 Å². The molecule has 0 aliphatic carbocycles. The van der Waals surface area contributed by atoms with Gasteiger partial charge in [-0.15, -0.1) is 0 Å². The molecule has 0 unspecified atom stereocenters. The summed E-state index contributed by atoms with van der Waals surface area (Å²) in [4.78, 5) is 25.9. The van der Waals surface area contributed by atoms with Gasteiger partial charge in [0.1, 0.15) is 0 Å². The first-order chi connectivity index (χ1) is 11.0. The Kier molecular flexibility index (Phi) is 5.49. The zero-order valence-corrected chi connectivity index (χ0v) is 13.2. The molecule has 120 valence electrons. The van der Waals surface area contributed by atoms with Crippen molar-refractivity contribution in [1.82, 2.24) is 4.90 Å². The van der Waals surface area contributed by atoms with Crippen LogP contribution < -0.4 is 5.32 Å². The summed E-state index contributed by atoms with van der Waals surface area (Å²) in [5.41, 5.74) is 2.49. The Balaban J connectivity index is 2.21. The number of likely N-dealkylation sites (N-methyl/N-ethyl adjacent to an activating group) is 1. The van der Waals surface area contributed by atoms with Crippen LogP contribution in [0, 0.1) is 6.92 Å². The average Bonchev–Trinajstić information content (AvgIpc) is 2.57. The fourth-order valence-electron chi connectivity index (χ4n) is 2.15. The molecule has 5 nitrogen and oxygen atoms in total. The maximum Gasteiger partial charge on any atom is 0.255 e. The Hall–Kier alpha value is -2.66. The molecule has 0 radical (unpaired) electrons. The number of nitrogens with zero attached hydrogens (tertiary/aromatic N) is 1. The van der Waals surface area contributed by atoms with Gasteiger partial charge in [-0.2, -0.15) is 0 Å². The predicted molar refractivity (Wildman–Crippen MR) is 89.6 cm³/mol. The summed E-state index contributed by atoms with van der Waals surface area (Å²) in [6.45, 7) is 2.04. The number of carbonyl (C=O) groups excluding carboxylic acids is 2. The lowest BCUT2D eigenvalue weighted by molar-refractivity contribution is 0.0766.